The van der Waals surface area contributed by atoms with E-state index >= 15 is 0 Å². The Labute approximate surface area is 97.7 Å². The highest BCUT2D eigenvalue weighted by Gasteiger charge is 2.10. The number of nitrogens with zero attached hydrogens (tertiary/aromatic N) is 4. The number of nitrogen functional groups attached to an aromatic ring is 2. The maximum absolute atomic E-state index is 9.44. The Balaban J connectivity index is 2.15. The van der Waals surface area contributed by atoms with Gasteiger partial charge in [-0.3, -0.25) is 5.21 Å². The van der Waals surface area contributed by atoms with Crippen LogP contribution >= 0.6 is 0 Å². The van der Waals surface area contributed by atoms with Crippen LogP contribution in [0.5, 0.6) is 0 Å². The summed E-state index contributed by atoms with van der Waals surface area (Å²) in [5, 5.41) is 18.2. The van der Waals surface area contributed by atoms with Crippen molar-refractivity contribution in [3.05, 3.63) is 36.6 Å². The van der Waals surface area contributed by atoms with Gasteiger partial charge in [-0.25, -0.2) is 10.0 Å². The summed E-state index contributed by atoms with van der Waals surface area (Å²) in [5.74, 6) is 0.527. The van der Waals surface area contributed by atoms with Gasteiger partial charge >= 0.3 is 0 Å². The van der Waals surface area contributed by atoms with Crippen LogP contribution in [0.3, 0.4) is 0 Å². The maximum atomic E-state index is 9.44. The lowest BCUT2D eigenvalue weighted by atomic mass is 10.3. The fourth-order valence-electron chi connectivity index (χ4n) is 1.26. The van der Waals surface area contributed by atoms with Crippen LogP contribution in [0.1, 0.15) is 0 Å². The van der Waals surface area contributed by atoms with Crippen molar-refractivity contribution in [2.24, 2.45) is 10.2 Å². The predicted octanol–water partition coefficient (Wildman–Crippen LogP) is 1.43. The van der Waals surface area contributed by atoms with Crippen molar-refractivity contribution in [1.29, 1.82) is 0 Å². The minimum atomic E-state index is -0.558. The van der Waals surface area contributed by atoms with E-state index in [1.54, 1.807) is 30.4 Å². The molecular weight excluding hydrogens is 220 g/mol. The van der Waals surface area contributed by atoms with Gasteiger partial charge in [-0.05, 0) is 24.3 Å². The van der Waals surface area contributed by atoms with Crippen LogP contribution in [-0.2, 0) is 0 Å². The molecule has 88 valence electrons. The van der Waals surface area contributed by atoms with Gasteiger partial charge in [0.2, 0.25) is 0 Å². The third-order valence-corrected chi connectivity index (χ3v) is 2.11. The molecule has 7 nitrogen and oxygen atoms in total. The maximum Gasteiger partial charge on any atom is 0.184 e. The van der Waals surface area contributed by atoms with E-state index in [0.717, 1.165) is 5.06 Å². The van der Waals surface area contributed by atoms with Crippen LogP contribution in [0.25, 0.3) is 0 Å². The van der Waals surface area contributed by atoms with Gasteiger partial charge in [-0.15, -0.1) is 5.11 Å². The minimum Gasteiger partial charge on any atom is -0.384 e. The third kappa shape index (κ3) is 2.58. The van der Waals surface area contributed by atoms with Crippen molar-refractivity contribution in [2.75, 3.05) is 11.5 Å². The van der Waals surface area contributed by atoms with Crippen LogP contribution in [0.4, 0.5) is 17.3 Å². The molecular formula is C10H12N6O. The summed E-state index contributed by atoms with van der Waals surface area (Å²) >= 11 is 0. The van der Waals surface area contributed by atoms with Gasteiger partial charge in [-0.1, -0.05) is 6.08 Å². The fourth-order valence-corrected chi connectivity index (χ4v) is 1.26. The molecule has 0 bridgehead atoms. The predicted molar refractivity (Wildman–Crippen MR) is 63.3 cm³/mol. The quantitative estimate of drug-likeness (QED) is 0.667. The number of azo groups is 1. The molecule has 0 spiro atoms. The summed E-state index contributed by atoms with van der Waals surface area (Å²) in [6.07, 6.45) is 6.06. The Morgan fingerprint density at radius 2 is 2.12 bits per heavy atom. The first kappa shape index (κ1) is 11.1. The van der Waals surface area contributed by atoms with Gasteiger partial charge in [0.1, 0.15) is 11.5 Å². The molecule has 0 radical (unpaired) electrons. The Morgan fingerprint density at radius 1 is 1.29 bits per heavy atom. The highest BCUT2D eigenvalue weighted by Crippen LogP contribution is 2.22. The number of anilines is 2. The smallest absolute Gasteiger partial charge is 0.184 e. The monoisotopic (exact) mass is 232 g/mol. The molecule has 2 rings (SSSR count). The highest BCUT2D eigenvalue weighted by atomic mass is 16.5. The molecule has 0 aromatic carbocycles. The second-order valence-corrected chi connectivity index (χ2v) is 3.38. The Bertz CT molecular complexity index is 496. The molecule has 0 aliphatic carbocycles. The van der Waals surface area contributed by atoms with Gasteiger partial charge in [0.05, 0.1) is 0 Å². The van der Waals surface area contributed by atoms with Gasteiger partial charge in [0.15, 0.2) is 12.0 Å². The number of hydrogen-bond acceptors (Lipinski definition) is 7. The first-order chi connectivity index (χ1) is 8.16. The second kappa shape index (κ2) is 4.62. The van der Waals surface area contributed by atoms with Crippen molar-refractivity contribution in [2.45, 2.75) is 6.17 Å². The van der Waals surface area contributed by atoms with E-state index in [1.165, 1.54) is 6.20 Å². The summed E-state index contributed by atoms with van der Waals surface area (Å²) in [5.41, 5.74) is 11.5. The molecule has 0 saturated heterocycles. The lowest BCUT2D eigenvalue weighted by molar-refractivity contribution is -0.0647. The lowest BCUT2D eigenvalue weighted by Crippen LogP contribution is -2.24. The third-order valence-electron chi connectivity index (χ3n) is 2.11. The van der Waals surface area contributed by atoms with Crippen LogP contribution < -0.4 is 11.5 Å². The molecule has 0 fully saturated rings. The van der Waals surface area contributed by atoms with Crippen LogP contribution in [0, 0.1) is 0 Å². The van der Waals surface area contributed by atoms with E-state index < -0.39 is 6.17 Å². The standard InChI is InChI=1S/C10H12N6O/c11-8-5-4-7(10(12)13-8)14-15-9-3-1-2-6-16(9)17/h1-6,9,17H,(H4,11,12,13). The summed E-state index contributed by atoms with van der Waals surface area (Å²) < 4.78 is 0. The van der Waals surface area contributed by atoms with Gasteiger partial charge in [0, 0.05) is 6.20 Å². The number of nitrogens with two attached hydrogens (primary N) is 2. The second-order valence-electron chi connectivity index (χ2n) is 3.38. The molecule has 2 heterocycles. The van der Waals surface area contributed by atoms with Crippen molar-refractivity contribution in [1.82, 2.24) is 10.0 Å². The number of pyridine rings is 1. The van der Waals surface area contributed by atoms with Crippen molar-refractivity contribution >= 4 is 17.3 Å². The number of allylic oxidation sites excluding steroid dienone is 2. The normalized spacial score (nSPS) is 19.1. The zero-order chi connectivity index (χ0) is 12.3. The average Bonchev–Trinajstić information content (AvgIpc) is 2.30. The fraction of sp³-hybridized carbons (Fsp3) is 0.100. The molecule has 1 aliphatic heterocycles. The number of hydrogen-bond donors (Lipinski definition) is 3. The first-order valence-corrected chi connectivity index (χ1v) is 4.92. The van der Waals surface area contributed by atoms with Crippen LogP contribution in [0.2, 0.25) is 0 Å². The molecule has 1 aromatic heterocycles. The molecule has 17 heavy (non-hydrogen) atoms. The van der Waals surface area contributed by atoms with E-state index in [9.17, 15) is 5.21 Å². The van der Waals surface area contributed by atoms with Gasteiger partial charge in [-0.2, -0.15) is 5.11 Å². The Hall–Kier alpha value is -2.41. The lowest BCUT2D eigenvalue weighted by Gasteiger charge is -2.18. The summed E-state index contributed by atoms with van der Waals surface area (Å²) in [6, 6.07) is 3.20. The van der Waals surface area contributed by atoms with E-state index in [2.05, 4.69) is 15.2 Å². The molecule has 0 saturated carbocycles. The van der Waals surface area contributed by atoms with Crippen molar-refractivity contribution < 1.29 is 5.21 Å². The van der Waals surface area contributed by atoms with E-state index in [1.807, 2.05) is 0 Å². The largest absolute Gasteiger partial charge is 0.384 e. The summed E-state index contributed by atoms with van der Waals surface area (Å²) in [4.78, 5) is 3.85. The first-order valence-electron chi connectivity index (χ1n) is 4.92. The molecule has 1 aliphatic rings. The van der Waals surface area contributed by atoms with E-state index in [0.29, 0.717) is 11.5 Å². The molecule has 0 amide bonds. The number of aromatic nitrogens is 1. The highest BCUT2D eigenvalue weighted by molar-refractivity contribution is 5.59. The van der Waals surface area contributed by atoms with Crippen LogP contribution in [-0.4, -0.2) is 21.4 Å². The van der Waals surface area contributed by atoms with Crippen LogP contribution in [0.15, 0.2) is 46.8 Å². The van der Waals surface area contributed by atoms with Crippen molar-refractivity contribution in [3.8, 4) is 0 Å². The zero-order valence-corrected chi connectivity index (χ0v) is 8.93. The van der Waals surface area contributed by atoms with Gasteiger partial charge in [0.25, 0.3) is 0 Å². The number of rotatable bonds is 2. The molecule has 1 atom stereocenters. The van der Waals surface area contributed by atoms with Crippen molar-refractivity contribution in [3.63, 3.8) is 0 Å². The Morgan fingerprint density at radius 3 is 2.82 bits per heavy atom. The molecule has 1 unspecified atom stereocenters. The van der Waals surface area contributed by atoms with E-state index in [4.69, 9.17) is 11.5 Å². The van der Waals surface area contributed by atoms with E-state index in [-0.39, 0.29) is 5.82 Å². The molecule has 1 aromatic rings. The summed E-state index contributed by atoms with van der Waals surface area (Å²) in [6.45, 7) is 0. The SMILES string of the molecule is Nc1ccc(N=NC2C=CC=CN2O)c(N)n1. The topological polar surface area (TPSA) is 113 Å². The molecule has 5 N–H and O–H groups in total. The van der Waals surface area contributed by atoms with Gasteiger partial charge < -0.3 is 11.5 Å². The number of hydroxylamine groups is 2. The Kier molecular flexibility index (Phi) is 3.01. The molecule has 7 heteroatoms. The average molecular weight is 232 g/mol. The zero-order valence-electron chi connectivity index (χ0n) is 8.93. The summed E-state index contributed by atoms with van der Waals surface area (Å²) in [7, 11) is 0. The minimum absolute atomic E-state index is 0.202.